The molecule has 11 heteroatoms. The number of rotatable bonds is 9. The predicted molar refractivity (Wildman–Crippen MR) is 129 cm³/mol. The lowest BCUT2D eigenvalue weighted by atomic mass is 9.96. The third kappa shape index (κ3) is 6.08. The molecule has 10 nitrogen and oxygen atoms in total. The molecule has 3 N–H and O–H groups in total. The van der Waals surface area contributed by atoms with Gasteiger partial charge in [0.25, 0.3) is 0 Å². The molecule has 2 aliphatic rings. The SMILES string of the molecule is Cc1cccnc1NC(=O)C1CCN(Cn2nc(CCC(N)=O)n(C[C@H]3CCCO3)c2=S)CC1. The number of likely N-dealkylation sites (tertiary alicyclic amines) is 1. The molecule has 1 atom stereocenters. The molecule has 2 amide bonds. The van der Waals surface area contributed by atoms with Gasteiger partial charge in [0.15, 0.2) is 4.77 Å². The van der Waals surface area contributed by atoms with Crippen molar-refractivity contribution in [3.8, 4) is 0 Å². The van der Waals surface area contributed by atoms with Crippen LogP contribution in [0.25, 0.3) is 0 Å². The Bertz CT molecular complexity index is 1070. The number of carbonyl (C=O) groups excluding carboxylic acids is 2. The highest BCUT2D eigenvalue weighted by atomic mass is 32.1. The molecule has 2 aromatic heterocycles. The molecule has 4 rings (SSSR count). The summed E-state index contributed by atoms with van der Waals surface area (Å²) in [4.78, 5) is 30.6. The van der Waals surface area contributed by atoms with E-state index in [0.29, 0.717) is 30.2 Å². The van der Waals surface area contributed by atoms with Crippen molar-refractivity contribution in [1.29, 1.82) is 0 Å². The normalized spacial score (nSPS) is 19.4. The molecule has 0 spiro atoms. The first-order chi connectivity index (χ1) is 16.4. The van der Waals surface area contributed by atoms with Gasteiger partial charge in [0, 0.05) is 44.7 Å². The highest BCUT2D eigenvalue weighted by molar-refractivity contribution is 7.71. The number of nitrogens with zero attached hydrogens (tertiary/aromatic N) is 5. The van der Waals surface area contributed by atoms with Crippen molar-refractivity contribution in [2.45, 2.75) is 64.8 Å². The van der Waals surface area contributed by atoms with Gasteiger partial charge in [-0.2, -0.15) is 5.10 Å². The van der Waals surface area contributed by atoms with E-state index in [9.17, 15) is 9.59 Å². The lowest BCUT2D eigenvalue weighted by molar-refractivity contribution is -0.121. The molecule has 2 aliphatic heterocycles. The maximum atomic E-state index is 12.7. The Kier molecular flexibility index (Phi) is 8.07. The first kappa shape index (κ1) is 24.5. The van der Waals surface area contributed by atoms with Crippen molar-refractivity contribution in [3.63, 3.8) is 0 Å². The van der Waals surface area contributed by atoms with Crippen LogP contribution >= 0.6 is 12.2 Å². The highest BCUT2D eigenvalue weighted by Crippen LogP contribution is 2.21. The summed E-state index contributed by atoms with van der Waals surface area (Å²) in [5, 5.41) is 7.69. The van der Waals surface area contributed by atoms with Gasteiger partial charge in [0.2, 0.25) is 11.8 Å². The van der Waals surface area contributed by atoms with Crippen LogP contribution in [0.2, 0.25) is 0 Å². The molecule has 2 fully saturated rings. The number of nitrogens with one attached hydrogen (secondary N) is 1. The monoisotopic (exact) mass is 487 g/mol. The summed E-state index contributed by atoms with van der Waals surface area (Å²) in [5.41, 5.74) is 6.32. The van der Waals surface area contributed by atoms with E-state index in [1.165, 1.54) is 0 Å². The number of aromatic nitrogens is 4. The second kappa shape index (κ2) is 11.2. The quantitative estimate of drug-likeness (QED) is 0.519. The van der Waals surface area contributed by atoms with Crippen LogP contribution in [0.5, 0.6) is 0 Å². The van der Waals surface area contributed by atoms with Gasteiger partial charge in [0.05, 0.1) is 19.3 Å². The minimum absolute atomic E-state index is 0.0210. The number of primary amides is 1. The Morgan fingerprint density at radius 3 is 2.76 bits per heavy atom. The largest absolute Gasteiger partial charge is 0.376 e. The lowest BCUT2D eigenvalue weighted by Gasteiger charge is -2.30. The van der Waals surface area contributed by atoms with Gasteiger partial charge >= 0.3 is 0 Å². The summed E-state index contributed by atoms with van der Waals surface area (Å²) >= 11 is 5.74. The summed E-state index contributed by atoms with van der Waals surface area (Å²) in [6.45, 7) is 5.44. The fraction of sp³-hybridized carbons (Fsp3) is 0.609. The number of nitrogens with two attached hydrogens (primary N) is 1. The maximum absolute atomic E-state index is 12.7. The number of piperidine rings is 1. The molecule has 0 aliphatic carbocycles. The number of ether oxygens (including phenoxy) is 1. The van der Waals surface area contributed by atoms with Crippen molar-refractivity contribution >= 4 is 29.9 Å². The maximum Gasteiger partial charge on any atom is 0.228 e. The van der Waals surface area contributed by atoms with E-state index in [1.54, 1.807) is 6.20 Å². The summed E-state index contributed by atoms with van der Waals surface area (Å²) in [7, 11) is 0. The number of carbonyl (C=O) groups is 2. The number of hydrogen-bond acceptors (Lipinski definition) is 7. The molecule has 0 bridgehead atoms. The number of pyridine rings is 1. The molecular formula is C23H33N7O3S. The molecular weight excluding hydrogens is 454 g/mol. The van der Waals surface area contributed by atoms with Gasteiger partial charge in [-0.3, -0.25) is 14.5 Å². The van der Waals surface area contributed by atoms with Crippen LogP contribution in [-0.2, 0) is 34.0 Å². The van der Waals surface area contributed by atoms with Gasteiger partial charge in [-0.15, -0.1) is 0 Å². The van der Waals surface area contributed by atoms with E-state index >= 15 is 0 Å². The lowest BCUT2D eigenvalue weighted by Crippen LogP contribution is -2.39. The summed E-state index contributed by atoms with van der Waals surface area (Å²) in [6.07, 6.45) is 6.05. The van der Waals surface area contributed by atoms with Gasteiger partial charge in [-0.25, -0.2) is 9.67 Å². The standard InChI is InChI=1S/C23H33N7O3S/c1-16-4-2-10-25-21(16)26-22(32)17-8-11-28(12-9-17)15-30-23(34)29(14-18-5-3-13-33-18)20(27-30)7-6-19(24)31/h2,4,10,17-18H,3,5-9,11-15H2,1H3,(H2,24,31)(H,25,26,32)/t18-/m1/s1. The van der Waals surface area contributed by atoms with Crippen LogP contribution in [0.15, 0.2) is 18.3 Å². The van der Waals surface area contributed by atoms with Crippen molar-refractivity contribution in [2.75, 3.05) is 25.0 Å². The zero-order valence-corrected chi connectivity index (χ0v) is 20.4. The van der Waals surface area contributed by atoms with E-state index in [4.69, 9.17) is 27.8 Å². The Hall–Kier alpha value is -2.63. The van der Waals surface area contributed by atoms with Gasteiger partial charge in [0.1, 0.15) is 11.6 Å². The zero-order chi connectivity index (χ0) is 24.1. The molecule has 2 saturated heterocycles. The van der Waals surface area contributed by atoms with Gasteiger partial charge in [-0.05, 0) is 56.5 Å². The predicted octanol–water partition coefficient (Wildman–Crippen LogP) is 2.02. The smallest absolute Gasteiger partial charge is 0.228 e. The number of aryl methyl sites for hydroxylation is 2. The summed E-state index contributed by atoms with van der Waals surface area (Å²) in [5.74, 6) is 1.01. The van der Waals surface area contributed by atoms with E-state index in [2.05, 4.69) is 15.2 Å². The molecule has 4 heterocycles. The van der Waals surface area contributed by atoms with E-state index in [0.717, 1.165) is 56.8 Å². The molecule has 34 heavy (non-hydrogen) atoms. The third-order valence-corrected chi connectivity index (χ3v) is 6.98. The molecule has 0 aromatic carbocycles. The average molecular weight is 488 g/mol. The number of anilines is 1. The number of hydrogen-bond donors (Lipinski definition) is 2. The van der Waals surface area contributed by atoms with Crippen molar-refractivity contribution in [3.05, 3.63) is 34.5 Å². The average Bonchev–Trinajstić information content (AvgIpc) is 3.44. The topological polar surface area (TPSA) is 120 Å². The number of amides is 2. The van der Waals surface area contributed by atoms with Crippen LogP contribution in [0.1, 0.15) is 43.5 Å². The van der Waals surface area contributed by atoms with E-state index in [1.807, 2.05) is 28.3 Å². The molecule has 184 valence electrons. The van der Waals surface area contributed by atoms with E-state index < -0.39 is 0 Å². The van der Waals surface area contributed by atoms with Crippen molar-refractivity contribution in [2.24, 2.45) is 11.7 Å². The molecule has 0 saturated carbocycles. The Balaban J connectivity index is 1.37. The van der Waals surface area contributed by atoms with Crippen LogP contribution in [0.3, 0.4) is 0 Å². The Labute approximate surface area is 204 Å². The van der Waals surface area contributed by atoms with Crippen LogP contribution in [-0.4, -0.2) is 61.8 Å². The second-order valence-electron chi connectivity index (χ2n) is 9.10. The minimum Gasteiger partial charge on any atom is -0.376 e. The van der Waals surface area contributed by atoms with Crippen molar-refractivity contribution in [1.82, 2.24) is 24.2 Å². The fourth-order valence-corrected chi connectivity index (χ4v) is 4.81. The van der Waals surface area contributed by atoms with Crippen LogP contribution < -0.4 is 11.1 Å². The molecule has 0 radical (unpaired) electrons. The summed E-state index contributed by atoms with van der Waals surface area (Å²) in [6, 6.07) is 3.79. The van der Waals surface area contributed by atoms with Gasteiger partial charge < -0.3 is 20.4 Å². The first-order valence-electron chi connectivity index (χ1n) is 11.9. The molecule has 2 aromatic rings. The third-order valence-electron chi connectivity index (χ3n) is 6.55. The van der Waals surface area contributed by atoms with Crippen LogP contribution in [0.4, 0.5) is 5.82 Å². The first-order valence-corrected chi connectivity index (χ1v) is 12.3. The van der Waals surface area contributed by atoms with Gasteiger partial charge in [-0.1, -0.05) is 6.07 Å². The van der Waals surface area contributed by atoms with Crippen molar-refractivity contribution < 1.29 is 14.3 Å². The highest BCUT2D eigenvalue weighted by Gasteiger charge is 2.27. The Morgan fingerprint density at radius 1 is 1.29 bits per heavy atom. The van der Waals surface area contributed by atoms with E-state index in [-0.39, 0.29) is 30.3 Å². The van der Waals surface area contributed by atoms with Crippen LogP contribution in [0, 0.1) is 17.6 Å². The molecule has 0 unspecified atom stereocenters. The minimum atomic E-state index is -0.356. The second-order valence-corrected chi connectivity index (χ2v) is 9.47. The zero-order valence-electron chi connectivity index (χ0n) is 19.6. The fourth-order valence-electron chi connectivity index (χ4n) is 4.53. The Morgan fingerprint density at radius 2 is 2.09 bits per heavy atom. The summed E-state index contributed by atoms with van der Waals surface area (Å²) < 4.78 is 10.2.